The molecule has 0 spiro atoms. The van der Waals surface area contributed by atoms with E-state index in [9.17, 15) is 22.8 Å². The molecule has 2 rings (SSSR count). The number of carbonyl (C=O) groups is 2. The van der Waals surface area contributed by atoms with Gasteiger partial charge in [0.1, 0.15) is 6.61 Å². The van der Waals surface area contributed by atoms with E-state index in [1.54, 1.807) is 0 Å². The van der Waals surface area contributed by atoms with Crippen LogP contribution in [0.15, 0.2) is 0 Å². The average molecular weight is 336 g/mol. The van der Waals surface area contributed by atoms with Crippen molar-refractivity contribution >= 4 is 11.8 Å². The summed E-state index contributed by atoms with van der Waals surface area (Å²) in [4.78, 5) is 23.6. The third-order valence-electron chi connectivity index (χ3n) is 4.48. The van der Waals surface area contributed by atoms with Gasteiger partial charge in [-0.25, -0.2) is 0 Å². The van der Waals surface area contributed by atoms with E-state index in [4.69, 9.17) is 4.74 Å². The van der Waals surface area contributed by atoms with Crippen LogP contribution < -0.4 is 5.32 Å². The molecule has 8 heteroatoms. The largest absolute Gasteiger partial charge is 0.471 e. The van der Waals surface area contributed by atoms with Gasteiger partial charge < -0.3 is 15.0 Å². The van der Waals surface area contributed by atoms with Crippen LogP contribution in [0.1, 0.15) is 38.5 Å². The number of likely N-dealkylation sites (tertiary alicyclic amines) is 1. The summed E-state index contributed by atoms with van der Waals surface area (Å²) in [6.07, 6.45) is 0.578. The van der Waals surface area contributed by atoms with Crippen molar-refractivity contribution < 1.29 is 27.5 Å². The third-order valence-corrected chi connectivity index (χ3v) is 4.48. The smallest absolute Gasteiger partial charge is 0.368 e. The predicted octanol–water partition coefficient (Wildman–Crippen LogP) is 1.86. The van der Waals surface area contributed by atoms with Gasteiger partial charge in [-0.2, -0.15) is 13.2 Å². The van der Waals surface area contributed by atoms with Crippen molar-refractivity contribution in [2.45, 2.75) is 50.8 Å². The van der Waals surface area contributed by atoms with Gasteiger partial charge in [-0.05, 0) is 31.6 Å². The molecule has 0 aromatic carbocycles. The summed E-state index contributed by atoms with van der Waals surface area (Å²) < 4.78 is 42.5. The Kier molecular flexibility index (Phi) is 6.26. The van der Waals surface area contributed by atoms with Gasteiger partial charge in [0.05, 0.1) is 6.10 Å². The summed E-state index contributed by atoms with van der Waals surface area (Å²) in [5.74, 6) is -1.86. The number of halogens is 3. The normalized spacial score (nSPS) is 20.7. The van der Waals surface area contributed by atoms with Gasteiger partial charge in [0.2, 0.25) is 5.91 Å². The zero-order valence-electron chi connectivity index (χ0n) is 13.0. The van der Waals surface area contributed by atoms with Gasteiger partial charge in [-0.3, -0.25) is 9.59 Å². The molecule has 2 fully saturated rings. The molecule has 23 heavy (non-hydrogen) atoms. The van der Waals surface area contributed by atoms with E-state index in [1.807, 2.05) is 0 Å². The van der Waals surface area contributed by atoms with Crippen LogP contribution in [0.5, 0.6) is 0 Å². The molecule has 1 N–H and O–H groups in total. The van der Waals surface area contributed by atoms with Crippen LogP contribution in [0.3, 0.4) is 0 Å². The first-order chi connectivity index (χ1) is 10.9. The summed E-state index contributed by atoms with van der Waals surface area (Å²) in [7, 11) is 0. The molecule has 2 aliphatic rings. The highest BCUT2D eigenvalue weighted by Crippen LogP contribution is 2.23. The number of carbonyl (C=O) groups excluding carboxylic acids is 2. The van der Waals surface area contributed by atoms with Crippen molar-refractivity contribution in [3.05, 3.63) is 0 Å². The van der Waals surface area contributed by atoms with Crippen LogP contribution in [0.25, 0.3) is 0 Å². The minimum Gasteiger partial charge on any atom is -0.368 e. The molecule has 0 aromatic rings. The monoisotopic (exact) mass is 336 g/mol. The Morgan fingerprint density at radius 1 is 1.09 bits per heavy atom. The number of piperidine rings is 1. The molecule has 0 bridgehead atoms. The lowest BCUT2D eigenvalue weighted by Crippen LogP contribution is -2.46. The molecule has 0 aromatic heterocycles. The van der Waals surface area contributed by atoms with Crippen molar-refractivity contribution in [1.29, 1.82) is 0 Å². The Labute approximate surface area is 133 Å². The topological polar surface area (TPSA) is 58.6 Å². The number of hydrogen-bond acceptors (Lipinski definition) is 3. The predicted molar refractivity (Wildman–Crippen MR) is 76.6 cm³/mol. The van der Waals surface area contributed by atoms with E-state index >= 15 is 0 Å². The third kappa shape index (κ3) is 5.67. The molecule has 132 valence electrons. The minimum atomic E-state index is -4.81. The highest BCUT2D eigenvalue weighted by atomic mass is 19.4. The van der Waals surface area contributed by atoms with Gasteiger partial charge in [0, 0.05) is 19.6 Å². The quantitative estimate of drug-likeness (QED) is 0.834. The van der Waals surface area contributed by atoms with E-state index < -0.39 is 12.1 Å². The number of nitrogens with zero attached hydrogens (tertiary/aromatic N) is 1. The molecule has 5 nitrogen and oxygen atoms in total. The fraction of sp³-hybridized carbons (Fsp3) is 0.867. The van der Waals surface area contributed by atoms with Crippen LogP contribution in [0, 0.1) is 5.92 Å². The molecule has 0 atom stereocenters. The highest BCUT2D eigenvalue weighted by Gasteiger charge is 2.43. The first kappa shape index (κ1) is 18.0. The van der Waals surface area contributed by atoms with E-state index in [-0.39, 0.29) is 37.6 Å². The summed E-state index contributed by atoms with van der Waals surface area (Å²) in [6, 6.07) is 0. The lowest BCUT2D eigenvalue weighted by Gasteiger charge is -2.32. The van der Waals surface area contributed by atoms with E-state index in [0.717, 1.165) is 30.6 Å². The fourth-order valence-corrected chi connectivity index (χ4v) is 3.08. The minimum absolute atomic E-state index is 0.0378. The highest BCUT2D eigenvalue weighted by molar-refractivity contribution is 5.82. The van der Waals surface area contributed by atoms with Crippen molar-refractivity contribution in [1.82, 2.24) is 10.2 Å². The van der Waals surface area contributed by atoms with Gasteiger partial charge in [-0.1, -0.05) is 12.8 Å². The molecule has 1 saturated carbocycles. The molecule has 1 aliphatic heterocycles. The van der Waals surface area contributed by atoms with Gasteiger partial charge >= 0.3 is 12.1 Å². The Balaban J connectivity index is 1.60. The molecule has 1 aliphatic carbocycles. The maximum atomic E-state index is 12.3. The molecular weight excluding hydrogens is 313 g/mol. The van der Waals surface area contributed by atoms with Crippen LogP contribution in [-0.4, -0.2) is 55.2 Å². The maximum absolute atomic E-state index is 12.3. The zero-order valence-corrected chi connectivity index (χ0v) is 13.0. The van der Waals surface area contributed by atoms with Crippen molar-refractivity contribution in [2.75, 3.05) is 26.2 Å². The second-order valence-corrected chi connectivity index (χ2v) is 6.25. The van der Waals surface area contributed by atoms with Crippen LogP contribution in [-0.2, 0) is 14.3 Å². The molecule has 0 radical (unpaired) electrons. The average Bonchev–Trinajstić information content (AvgIpc) is 3.03. The summed E-state index contributed by atoms with van der Waals surface area (Å²) >= 11 is 0. The van der Waals surface area contributed by atoms with E-state index in [1.165, 1.54) is 0 Å². The summed E-state index contributed by atoms with van der Waals surface area (Å²) in [5.41, 5.74) is 0. The van der Waals surface area contributed by atoms with Crippen molar-refractivity contribution in [2.24, 2.45) is 5.92 Å². The first-order valence-electron chi connectivity index (χ1n) is 8.10. The van der Waals surface area contributed by atoms with Gasteiger partial charge in [0.25, 0.3) is 0 Å². The van der Waals surface area contributed by atoms with Crippen LogP contribution >= 0.6 is 0 Å². The van der Waals surface area contributed by atoms with E-state index in [2.05, 4.69) is 5.32 Å². The Bertz CT molecular complexity index is 415. The molecule has 0 unspecified atom stereocenters. The van der Waals surface area contributed by atoms with Crippen LogP contribution in [0.2, 0.25) is 0 Å². The number of ether oxygens (including phenoxy) is 1. The summed E-state index contributed by atoms with van der Waals surface area (Å²) in [5, 5.41) is 2.76. The van der Waals surface area contributed by atoms with Gasteiger partial charge in [0.15, 0.2) is 0 Å². The lowest BCUT2D eigenvalue weighted by atomic mass is 9.96. The number of amides is 2. The SMILES string of the molecule is O=C(COC1CCCC1)NCC1CCN(C(=O)C(F)(F)F)CC1. The lowest BCUT2D eigenvalue weighted by molar-refractivity contribution is -0.186. The second-order valence-electron chi connectivity index (χ2n) is 6.25. The zero-order chi connectivity index (χ0) is 16.9. The summed E-state index contributed by atoms with van der Waals surface area (Å²) in [6.45, 7) is 0.617. The van der Waals surface area contributed by atoms with Crippen molar-refractivity contribution in [3.8, 4) is 0 Å². The standard InChI is InChI=1S/C15H23F3N2O3/c16-15(17,18)14(22)20-7-5-11(6-8-20)9-19-13(21)10-23-12-3-1-2-4-12/h11-12H,1-10H2,(H,19,21). The van der Waals surface area contributed by atoms with E-state index in [0.29, 0.717) is 19.4 Å². The molecule has 1 heterocycles. The molecular formula is C15H23F3N2O3. The first-order valence-corrected chi connectivity index (χ1v) is 8.10. The number of rotatable bonds is 5. The number of nitrogens with one attached hydrogen (secondary N) is 1. The number of hydrogen-bond donors (Lipinski definition) is 1. The fourth-order valence-electron chi connectivity index (χ4n) is 3.08. The molecule has 1 saturated heterocycles. The Morgan fingerprint density at radius 2 is 1.70 bits per heavy atom. The van der Waals surface area contributed by atoms with Crippen molar-refractivity contribution in [3.63, 3.8) is 0 Å². The van der Waals surface area contributed by atoms with Gasteiger partial charge in [-0.15, -0.1) is 0 Å². The molecule has 2 amide bonds. The Morgan fingerprint density at radius 3 is 2.26 bits per heavy atom. The second kappa shape index (κ2) is 7.99. The number of alkyl halides is 3. The maximum Gasteiger partial charge on any atom is 0.471 e. The Hall–Kier alpha value is -1.31. The van der Waals surface area contributed by atoms with Crippen LogP contribution in [0.4, 0.5) is 13.2 Å².